The highest BCUT2D eigenvalue weighted by Gasteiger charge is 2.35. The highest BCUT2D eigenvalue weighted by molar-refractivity contribution is 5.91. The number of aromatic nitrogens is 2. The Labute approximate surface area is 107 Å². The van der Waals surface area contributed by atoms with Crippen molar-refractivity contribution in [2.45, 2.75) is 32.1 Å². The first-order chi connectivity index (χ1) is 8.74. The van der Waals surface area contributed by atoms with Crippen LogP contribution in [0.25, 0.3) is 0 Å². The standard InChI is InChI=1S/C13H20N4O/c1-8-6-10(8)11-7-12(17-16-11)15-13(18)9-2-4-14-5-3-9/h7-10,14H,2-6H2,1H3,(H2,15,16,17,18). The summed E-state index contributed by atoms with van der Waals surface area (Å²) in [5, 5.41) is 13.4. The quantitative estimate of drug-likeness (QED) is 0.758. The lowest BCUT2D eigenvalue weighted by Crippen LogP contribution is -2.34. The topological polar surface area (TPSA) is 69.8 Å². The molecule has 2 aliphatic rings. The molecule has 2 fully saturated rings. The fraction of sp³-hybridized carbons (Fsp3) is 0.692. The van der Waals surface area contributed by atoms with Crippen LogP contribution in [0.15, 0.2) is 6.07 Å². The monoisotopic (exact) mass is 248 g/mol. The first-order valence-electron chi connectivity index (χ1n) is 6.81. The van der Waals surface area contributed by atoms with Gasteiger partial charge in [-0.15, -0.1) is 0 Å². The summed E-state index contributed by atoms with van der Waals surface area (Å²) in [6.07, 6.45) is 3.06. The third-order valence-corrected chi connectivity index (χ3v) is 4.07. The molecule has 2 atom stereocenters. The van der Waals surface area contributed by atoms with Crippen LogP contribution in [0.5, 0.6) is 0 Å². The minimum atomic E-state index is 0.110. The Morgan fingerprint density at radius 2 is 2.17 bits per heavy atom. The number of nitrogens with one attached hydrogen (secondary N) is 3. The molecule has 0 radical (unpaired) electrons. The van der Waals surface area contributed by atoms with Gasteiger partial charge in [0.25, 0.3) is 0 Å². The zero-order valence-corrected chi connectivity index (χ0v) is 10.7. The van der Waals surface area contributed by atoms with Crippen molar-refractivity contribution >= 4 is 11.7 Å². The van der Waals surface area contributed by atoms with Crippen LogP contribution in [0.4, 0.5) is 5.82 Å². The van der Waals surface area contributed by atoms with Gasteiger partial charge in [0, 0.05) is 23.6 Å². The van der Waals surface area contributed by atoms with Crippen molar-refractivity contribution in [3.63, 3.8) is 0 Å². The van der Waals surface area contributed by atoms with E-state index in [2.05, 4.69) is 27.8 Å². The number of rotatable bonds is 3. The van der Waals surface area contributed by atoms with Crippen molar-refractivity contribution in [2.75, 3.05) is 18.4 Å². The zero-order chi connectivity index (χ0) is 12.5. The van der Waals surface area contributed by atoms with Crippen molar-refractivity contribution in [3.05, 3.63) is 11.8 Å². The average Bonchev–Trinajstić information content (AvgIpc) is 2.94. The van der Waals surface area contributed by atoms with Gasteiger partial charge in [-0.2, -0.15) is 5.10 Å². The van der Waals surface area contributed by atoms with Crippen LogP contribution in [-0.2, 0) is 4.79 Å². The van der Waals surface area contributed by atoms with Crippen molar-refractivity contribution < 1.29 is 4.79 Å². The molecule has 1 saturated carbocycles. The molecule has 5 heteroatoms. The molecular weight excluding hydrogens is 228 g/mol. The maximum absolute atomic E-state index is 12.0. The maximum atomic E-state index is 12.0. The number of hydrogen-bond acceptors (Lipinski definition) is 3. The molecule has 0 aromatic carbocycles. The van der Waals surface area contributed by atoms with Crippen LogP contribution in [0.1, 0.15) is 37.8 Å². The molecule has 1 aliphatic heterocycles. The second-order valence-corrected chi connectivity index (χ2v) is 5.54. The molecule has 1 amide bonds. The van der Waals surface area contributed by atoms with E-state index in [-0.39, 0.29) is 11.8 Å². The van der Waals surface area contributed by atoms with E-state index in [1.807, 2.05) is 6.07 Å². The molecule has 18 heavy (non-hydrogen) atoms. The number of hydrogen-bond donors (Lipinski definition) is 3. The Hall–Kier alpha value is -1.36. The highest BCUT2D eigenvalue weighted by atomic mass is 16.2. The van der Waals surface area contributed by atoms with E-state index in [4.69, 9.17) is 0 Å². The molecule has 3 N–H and O–H groups in total. The van der Waals surface area contributed by atoms with Gasteiger partial charge in [0.2, 0.25) is 5.91 Å². The summed E-state index contributed by atoms with van der Waals surface area (Å²) in [4.78, 5) is 12.0. The predicted molar refractivity (Wildman–Crippen MR) is 69.3 cm³/mol. The lowest BCUT2D eigenvalue weighted by atomic mass is 9.97. The van der Waals surface area contributed by atoms with Crippen molar-refractivity contribution in [1.29, 1.82) is 0 Å². The molecule has 1 aliphatic carbocycles. The van der Waals surface area contributed by atoms with Crippen LogP contribution in [0.2, 0.25) is 0 Å². The van der Waals surface area contributed by atoms with Crippen LogP contribution in [0.3, 0.4) is 0 Å². The van der Waals surface area contributed by atoms with E-state index in [1.54, 1.807) is 0 Å². The Kier molecular flexibility index (Phi) is 3.07. The molecule has 0 bridgehead atoms. The molecule has 1 saturated heterocycles. The Morgan fingerprint density at radius 1 is 1.44 bits per heavy atom. The first-order valence-corrected chi connectivity index (χ1v) is 6.81. The Bertz CT molecular complexity index is 436. The Balaban J connectivity index is 1.58. The van der Waals surface area contributed by atoms with Gasteiger partial charge >= 0.3 is 0 Å². The summed E-state index contributed by atoms with van der Waals surface area (Å²) in [5.41, 5.74) is 1.16. The third-order valence-electron chi connectivity index (χ3n) is 4.07. The number of H-pyrrole nitrogens is 1. The lowest BCUT2D eigenvalue weighted by molar-refractivity contribution is -0.120. The van der Waals surface area contributed by atoms with E-state index in [9.17, 15) is 4.79 Å². The van der Waals surface area contributed by atoms with E-state index in [0.717, 1.165) is 37.5 Å². The van der Waals surface area contributed by atoms with Gasteiger partial charge in [-0.25, -0.2) is 0 Å². The number of anilines is 1. The van der Waals surface area contributed by atoms with Gasteiger partial charge < -0.3 is 10.6 Å². The molecule has 1 aromatic heterocycles. The van der Waals surface area contributed by atoms with Crippen molar-refractivity contribution in [1.82, 2.24) is 15.5 Å². The van der Waals surface area contributed by atoms with E-state index >= 15 is 0 Å². The predicted octanol–water partition coefficient (Wildman–Crippen LogP) is 1.47. The minimum absolute atomic E-state index is 0.110. The zero-order valence-electron chi connectivity index (χ0n) is 10.7. The summed E-state index contributed by atoms with van der Waals surface area (Å²) in [6.45, 7) is 4.10. The van der Waals surface area contributed by atoms with E-state index in [1.165, 1.54) is 6.42 Å². The molecular formula is C13H20N4O. The fourth-order valence-electron chi connectivity index (χ4n) is 2.66. The highest BCUT2D eigenvalue weighted by Crippen LogP contribution is 2.46. The second-order valence-electron chi connectivity index (χ2n) is 5.54. The van der Waals surface area contributed by atoms with Gasteiger partial charge in [0.05, 0.1) is 0 Å². The van der Waals surface area contributed by atoms with Gasteiger partial charge in [-0.1, -0.05) is 6.92 Å². The van der Waals surface area contributed by atoms with Crippen LogP contribution in [0, 0.1) is 11.8 Å². The van der Waals surface area contributed by atoms with Gasteiger partial charge in [0.15, 0.2) is 5.82 Å². The van der Waals surface area contributed by atoms with Crippen LogP contribution in [-0.4, -0.2) is 29.2 Å². The van der Waals surface area contributed by atoms with Crippen LogP contribution >= 0.6 is 0 Å². The Morgan fingerprint density at radius 3 is 2.83 bits per heavy atom. The summed E-state index contributed by atoms with van der Waals surface area (Å²) >= 11 is 0. The number of carbonyl (C=O) groups excluding carboxylic acids is 1. The molecule has 0 spiro atoms. The van der Waals surface area contributed by atoms with Gasteiger partial charge in [-0.3, -0.25) is 9.89 Å². The minimum Gasteiger partial charge on any atom is -0.317 e. The van der Waals surface area contributed by atoms with Crippen LogP contribution < -0.4 is 10.6 Å². The molecule has 98 valence electrons. The second kappa shape index (κ2) is 4.72. The lowest BCUT2D eigenvalue weighted by Gasteiger charge is -2.21. The van der Waals surface area contributed by atoms with E-state index < -0.39 is 0 Å². The average molecular weight is 248 g/mol. The summed E-state index contributed by atoms with van der Waals surface area (Å²) in [7, 11) is 0. The SMILES string of the molecule is CC1CC1c1cc(NC(=O)C2CCNCC2)n[nH]1. The summed E-state index contributed by atoms with van der Waals surface area (Å²) in [6, 6.07) is 1.98. The molecule has 2 heterocycles. The molecule has 5 nitrogen and oxygen atoms in total. The summed E-state index contributed by atoms with van der Waals surface area (Å²) < 4.78 is 0. The first kappa shape index (κ1) is 11.7. The fourth-order valence-corrected chi connectivity index (χ4v) is 2.66. The number of nitrogens with zero attached hydrogens (tertiary/aromatic N) is 1. The number of carbonyl (C=O) groups is 1. The normalized spacial score (nSPS) is 28.1. The molecule has 1 aromatic rings. The third kappa shape index (κ3) is 2.41. The largest absolute Gasteiger partial charge is 0.317 e. The summed E-state index contributed by atoms with van der Waals surface area (Å²) in [5.74, 6) is 2.28. The van der Waals surface area contributed by atoms with E-state index in [0.29, 0.717) is 11.7 Å². The van der Waals surface area contributed by atoms with Crippen molar-refractivity contribution in [3.8, 4) is 0 Å². The van der Waals surface area contributed by atoms with Gasteiger partial charge in [0.1, 0.15) is 0 Å². The number of amides is 1. The smallest absolute Gasteiger partial charge is 0.228 e. The maximum Gasteiger partial charge on any atom is 0.228 e. The van der Waals surface area contributed by atoms with Crippen molar-refractivity contribution in [2.24, 2.45) is 11.8 Å². The number of piperidine rings is 1. The van der Waals surface area contributed by atoms with Gasteiger partial charge in [-0.05, 0) is 38.3 Å². The molecule has 2 unspecified atom stereocenters. The number of aromatic amines is 1. The molecule has 3 rings (SSSR count).